The molecule has 8 heteroatoms. The zero-order valence-corrected chi connectivity index (χ0v) is 18.0. The van der Waals surface area contributed by atoms with Gasteiger partial charge in [-0.1, -0.05) is 23.9 Å². The Hall–Kier alpha value is -3.10. The molecule has 0 saturated heterocycles. The van der Waals surface area contributed by atoms with Crippen LogP contribution in [-0.2, 0) is 5.75 Å². The maximum Gasteiger partial charge on any atom is 0.258 e. The highest BCUT2D eigenvalue weighted by Gasteiger charge is 2.14. The van der Waals surface area contributed by atoms with Crippen molar-refractivity contribution in [3.05, 3.63) is 81.7 Å². The average Bonchev–Trinajstić information content (AvgIpc) is 3.33. The van der Waals surface area contributed by atoms with E-state index in [1.54, 1.807) is 29.3 Å². The number of hydrogen-bond acceptors (Lipinski definition) is 6. The molecule has 0 aliphatic rings. The molecule has 30 heavy (non-hydrogen) atoms. The Morgan fingerprint density at radius 2 is 1.90 bits per heavy atom. The molecule has 2 aromatic carbocycles. The van der Waals surface area contributed by atoms with E-state index in [2.05, 4.69) is 15.6 Å². The highest BCUT2D eigenvalue weighted by molar-refractivity contribution is 7.98. The van der Waals surface area contributed by atoms with Crippen molar-refractivity contribution in [1.29, 1.82) is 0 Å². The molecule has 0 aliphatic carbocycles. The molecule has 5 rings (SSSR count). The largest absolute Gasteiger partial charge is 0.497 e. The lowest BCUT2D eigenvalue weighted by molar-refractivity contribution is 0.414. The monoisotopic (exact) mass is 434 g/mol. The van der Waals surface area contributed by atoms with E-state index in [4.69, 9.17) is 9.72 Å². The molecular weight excluding hydrogens is 416 g/mol. The second-order valence-corrected chi connectivity index (χ2v) is 8.57. The summed E-state index contributed by atoms with van der Waals surface area (Å²) in [7, 11) is 1.66. The van der Waals surface area contributed by atoms with Gasteiger partial charge in [0.1, 0.15) is 5.75 Å². The highest BCUT2D eigenvalue weighted by Crippen LogP contribution is 2.30. The van der Waals surface area contributed by atoms with Crippen LogP contribution in [0.4, 0.5) is 0 Å². The summed E-state index contributed by atoms with van der Waals surface area (Å²) in [5.41, 5.74) is 4.58. The first-order valence-electron chi connectivity index (χ1n) is 9.35. The number of hydrogen-bond donors (Lipinski definition) is 0. The van der Waals surface area contributed by atoms with Gasteiger partial charge in [-0.15, -0.1) is 11.3 Å². The molecule has 150 valence electrons. The Bertz CT molecular complexity index is 1420. The first-order valence-corrected chi connectivity index (χ1v) is 11.2. The molecule has 0 amide bonds. The van der Waals surface area contributed by atoms with Crippen LogP contribution in [0, 0.1) is 6.92 Å². The van der Waals surface area contributed by atoms with Crippen molar-refractivity contribution in [2.24, 2.45) is 0 Å². The van der Waals surface area contributed by atoms with Crippen molar-refractivity contribution in [2.75, 3.05) is 7.11 Å². The number of aryl methyl sites for hydroxylation is 1. The number of rotatable bonds is 5. The maximum absolute atomic E-state index is 12.5. The molecule has 3 aromatic heterocycles. The molecule has 0 atom stereocenters. The summed E-state index contributed by atoms with van der Waals surface area (Å²) in [6, 6.07) is 17.6. The summed E-state index contributed by atoms with van der Waals surface area (Å²) in [6.07, 6.45) is 0. The number of ether oxygens (including phenoxy) is 1. The lowest BCUT2D eigenvalue weighted by Gasteiger charge is -2.10. The van der Waals surface area contributed by atoms with E-state index in [1.165, 1.54) is 11.3 Å². The van der Waals surface area contributed by atoms with Gasteiger partial charge in [0.05, 0.1) is 23.8 Å². The summed E-state index contributed by atoms with van der Waals surface area (Å²) < 4.78 is 9.06. The molecule has 0 spiro atoms. The topological polar surface area (TPSA) is 61.4 Å². The minimum absolute atomic E-state index is 0.0435. The van der Waals surface area contributed by atoms with Crippen LogP contribution in [0.25, 0.3) is 21.7 Å². The number of thiazole rings is 1. The van der Waals surface area contributed by atoms with E-state index in [0.29, 0.717) is 5.75 Å². The van der Waals surface area contributed by atoms with Gasteiger partial charge < -0.3 is 4.74 Å². The SMILES string of the molecule is COc1ccc(-n2c(SCc3cc(=O)n4c(C)csc4n3)nc3ccccc32)cc1. The van der Waals surface area contributed by atoms with E-state index in [0.717, 1.165) is 44.0 Å². The first kappa shape index (κ1) is 18.9. The summed E-state index contributed by atoms with van der Waals surface area (Å²) >= 11 is 3.05. The maximum atomic E-state index is 12.5. The number of imidazole rings is 1. The Balaban J connectivity index is 1.53. The van der Waals surface area contributed by atoms with E-state index in [-0.39, 0.29) is 5.56 Å². The lowest BCUT2D eigenvalue weighted by Crippen LogP contribution is -2.14. The van der Waals surface area contributed by atoms with Gasteiger partial charge >= 0.3 is 0 Å². The fourth-order valence-corrected chi connectivity index (χ4v) is 5.21. The average molecular weight is 435 g/mol. The van der Waals surface area contributed by atoms with Crippen molar-refractivity contribution < 1.29 is 4.74 Å². The van der Waals surface area contributed by atoms with Crippen LogP contribution in [0.1, 0.15) is 11.4 Å². The molecule has 0 unspecified atom stereocenters. The van der Waals surface area contributed by atoms with E-state index >= 15 is 0 Å². The van der Waals surface area contributed by atoms with Crippen LogP contribution in [-0.4, -0.2) is 26.0 Å². The number of fused-ring (bicyclic) bond motifs is 2. The van der Waals surface area contributed by atoms with Gasteiger partial charge in [-0.25, -0.2) is 9.97 Å². The van der Waals surface area contributed by atoms with Gasteiger partial charge in [0.2, 0.25) is 0 Å². The Labute approximate surface area is 180 Å². The van der Waals surface area contributed by atoms with Crippen molar-refractivity contribution in [3.63, 3.8) is 0 Å². The summed E-state index contributed by atoms with van der Waals surface area (Å²) in [6.45, 7) is 1.91. The molecule has 0 fully saturated rings. The van der Waals surface area contributed by atoms with Crippen LogP contribution < -0.4 is 10.3 Å². The minimum Gasteiger partial charge on any atom is -0.497 e. The summed E-state index contributed by atoms with van der Waals surface area (Å²) in [5.74, 6) is 1.36. The van der Waals surface area contributed by atoms with Crippen LogP contribution in [0.2, 0.25) is 0 Å². The number of benzene rings is 2. The molecule has 0 bridgehead atoms. The van der Waals surface area contributed by atoms with Gasteiger partial charge in [-0.2, -0.15) is 0 Å². The molecule has 6 nitrogen and oxygen atoms in total. The molecule has 0 saturated carbocycles. The first-order chi connectivity index (χ1) is 14.6. The fraction of sp³-hybridized carbons (Fsp3) is 0.136. The van der Waals surface area contributed by atoms with E-state index in [9.17, 15) is 4.79 Å². The van der Waals surface area contributed by atoms with Crippen LogP contribution in [0.3, 0.4) is 0 Å². The molecule has 0 N–H and O–H groups in total. The third kappa shape index (κ3) is 3.28. The smallest absolute Gasteiger partial charge is 0.258 e. The van der Waals surface area contributed by atoms with Crippen LogP contribution in [0.5, 0.6) is 5.75 Å². The second kappa shape index (κ2) is 7.62. The number of nitrogens with zero attached hydrogens (tertiary/aromatic N) is 4. The van der Waals surface area contributed by atoms with Gasteiger partial charge in [0.25, 0.3) is 5.56 Å². The zero-order chi connectivity index (χ0) is 20.7. The van der Waals surface area contributed by atoms with Crippen molar-refractivity contribution in [3.8, 4) is 11.4 Å². The number of para-hydroxylation sites is 2. The van der Waals surface area contributed by atoms with E-state index < -0.39 is 0 Å². The molecule has 0 radical (unpaired) electrons. The van der Waals surface area contributed by atoms with Crippen molar-refractivity contribution >= 4 is 39.1 Å². The third-order valence-corrected chi connectivity index (χ3v) is 6.75. The van der Waals surface area contributed by atoms with Crippen molar-refractivity contribution in [1.82, 2.24) is 18.9 Å². The third-order valence-electron chi connectivity index (χ3n) is 4.84. The Kier molecular flexibility index (Phi) is 4.80. The van der Waals surface area contributed by atoms with Crippen LogP contribution >= 0.6 is 23.1 Å². The lowest BCUT2D eigenvalue weighted by atomic mass is 10.2. The van der Waals surface area contributed by atoms with Crippen molar-refractivity contribution in [2.45, 2.75) is 17.8 Å². The Morgan fingerprint density at radius 3 is 2.70 bits per heavy atom. The predicted molar refractivity (Wildman–Crippen MR) is 121 cm³/mol. The zero-order valence-electron chi connectivity index (χ0n) is 16.4. The normalized spacial score (nSPS) is 11.4. The summed E-state index contributed by atoms with van der Waals surface area (Å²) in [4.78, 5) is 22.7. The summed E-state index contributed by atoms with van der Waals surface area (Å²) in [5, 5.41) is 2.80. The predicted octanol–water partition coefficient (Wildman–Crippen LogP) is 4.70. The molecular formula is C22H18N4O2S2. The minimum atomic E-state index is -0.0435. The van der Waals surface area contributed by atoms with Gasteiger partial charge in [-0.05, 0) is 43.3 Å². The van der Waals surface area contributed by atoms with Gasteiger partial charge in [-0.3, -0.25) is 13.8 Å². The fourth-order valence-electron chi connectivity index (χ4n) is 3.39. The number of thioether (sulfide) groups is 1. The number of methoxy groups -OCH3 is 1. The standard InChI is InChI=1S/C22H18N4O2S2/c1-14-12-29-21-23-15(11-20(27)25(14)21)13-30-22-24-18-5-3-4-6-19(18)26(22)16-7-9-17(28-2)10-8-16/h3-12H,13H2,1-2H3. The van der Waals surface area contributed by atoms with Gasteiger partial charge in [0, 0.05) is 28.6 Å². The molecule has 5 aromatic rings. The van der Waals surface area contributed by atoms with E-state index in [1.807, 2.05) is 54.8 Å². The quantitative estimate of drug-likeness (QED) is 0.375. The van der Waals surface area contributed by atoms with Gasteiger partial charge in [0.15, 0.2) is 10.1 Å². The second-order valence-electron chi connectivity index (χ2n) is 6.79. The molecule has 3 heterocycles. The Morgan fingerprint density at radius 1 is 1.10 bits per heavy atom. The van der Waals surface area contributed by atoms with Crippen LogP contribution in [0.15, 0.2) is 69.9 Å². The molecule has 0 aliphatic heterocycles. The highest BCUT2D eigenvalue weighted by atomic mass is 32.2. The number of aromatic nitrogens is 4.